The Morgan fingerprint density at radius 2 is 2.50 bits per heavy atom. The van der Waals surface area contributed by atoms with Gasteiger partial charge in [-0.25, -0.2) is 0 Å². The van der Waals surface area contributed by atoms with E-state index in [4.69, 9.17) is 4.74 Å². The van der Waals surface area contributed by atoms with Crippen LogP contribution in [0.15, 0.2) is 0 Å². The van der Waals surface area contributed by atoms with Crippen LogP contribution in [0.1, 0.15) is 12.8 Å². The van der Waals surface area contributed by atoms with E-state index in [-0.39, 0.29) is 0 Å². The summed E-state index contributed by atoms with van der Waals surface area (Å²) in [6.45, 7) is 3.09. The Bertz CT molecular complexity index is 97.6. The number of methoxy groups -OCH3 is 1. The Morgan fingerprint density at radius 1 is 1.70 bits per heavy atom. The lowest BCUT2D eigenvalue weighted by Gasteiger charge is -2.27. The molecule has 1 heterocycles. The molecule has 0 N–H and O–H groups in total. The van der Waals surface area contributed by atoms with Crippen molar-refractivity contribution < 1.29 is 4.74 Å². The van der Waals surface area contributed by atoms with Crippen LogP contribution in [0, 0.1) is 5.92 Å². The third kappa shape index (κ3) is 2.48. The summed E-state index contributed by atoms with van der Waals surface area (Å²) in [7, 11) is 1.76. The summed E-state index contributed by atoms with van der Waals surface area (Å²) in [5, 5.41) is 0. The van der Waals surface area contributed by atoms with Gasteiger partial charge < -0.3 is 4.74 Å². The van der Waals surface area contributed by atoms with E-state index in [0.717, 1.165) is 19.7 Å². The standard InChI is InChI=1S/C7H15NOS/c1-9-6-7-3-2-4-8(10)5-7/h7,10H,2-6H2,1H3. The molecule has 60 valence electrons. The molecule has 1 atom stereocenters. The number of hydrogen-bond donors (Lipinski definition) is 1. The fraction of sp³-hybridized carbons (Fsp3) is 1.00. The summed E-state index contributed by atoms with van der Waals surface area (Å²) in [5.41, 5.74) is 0. The molecule has 1 rings (SSSR count). The van der Waals surface area contributed by atoms with E-state index in [1.807, 2.05) is 0 Å². The minimum absolute atomic E-state index is 0.705. The van der Waals surface area contributed by atoms with E-state index in [1.54, 1.807) is 7.11 Å². The molecule has 0 aliphatic carbocycles. The van der Waals surface area contributed by atoms with Gasteiger partial charge in [0.05, 0.1) is 6.61 Å². The quantitative estimate of drug-likeness (QED) is 0.611. The Labute approximate surface area is 68.1 Å². The third-order valence-corrected chi connectivity index (χ3v) is 2.26. The molecule has 0 radical (unpaired) electrons. The highest BCUT2D eigenvalue weighted by atomic mass is 32.1. The molecule has 1 saturated heterocycles. The van der Waals surface area contributed by atoms with Crippen LogP contribution in [-0.4, -0.2) is 31.1 Å². The molecule has 1 aliphatic rings. The van der Waals surface area contributed by atoms with E-state index in [2.05, 4.69) is 17.1 Å². The van der Waals surface area contributed by atoms with Crippen molar-refractivity contribution in [3.63, 3.8) is 0 Å². The van der Waals surface area contributed by atoms with E-state index >= 15 is 0 Å². The molecule has 10 heavy (non-hydrogen) atoms. The highest BCUT2D eigenvalue weighted by molar-refractivity contribution is 7.77. The normalized spacial score (nSPS) is 28.8. The van der Waals surface area contributed by atoms with Crippen LogP contribution in [0.5, 0.6) is 0 Å². The van der Waals surface area contributed by atoms with Gasteiger partial charge in [0.25, 0.3) is 0 Å². The monoisotopic (exact) mass is 161 g/mol. The Morgan fingerprint density at radius 3 is 3.10 bits per heavy atom. The maximum atomic E-state index is 5.07. The van der Waals surface area contributed by atoms with Gasteiger partial charge in [-0.1, -0.05) is 12.8 Å². The zero-order chi connectivity index (χ0) is 7.40. The van der Waals surface area contributed by atoms with E-state index in [0.29, 0.717) is 5.92 Å². The molecule has 0 spiro atoms. The molecule has 0 saturated carbocycles. The summed E-state index contributed by atoms with van der Waals surface area (Å²) >= 11 is 4.29. The SMILES string of the molecule is COCC1CCCN(S)C1. The first-order valence-electron chi connectivity index (χ1n) is 3.75. The van der Waals surface area contributed by atoms with Gasteiger partial charge in [0, 0.05) is 20.2 Å². The lowest BCUT2D eigenvalue weighted by molar-refractivity contribution is 0.122. The molecular formula is C7H15NOS. The van der Waals surface area contributed by atoms with Crippen molar-refractivity contribution in [1.82, 2.24) is 4.31 Å². The van der Waals surface area contributed by atoms with Gasteiger partial charge in [0.15, 0.2) is 0 Å². The zero-order valence-corrected chi connectivity index (χ0v) is 7.31. The van der Waals surface area contributed by atoms with Gasteiger partial charge >= 0.3 is 0 Å². The molecule has 0 amide bonds. The Balaban J connectivity index is 2.18. The van der Waals surface area contributed by atoms with Crippen LogP contribution in [-0.2, 0) is 4.74 Å². The predicted octanol–water partition coefficient (Wildman–Crippen LogP) is 1.19. The lowest BCUT2D eigenvalue weighted by Crippen LogP contribution is -2.30. The van der Waals surface area contributed by atoms with Crippen LogP contribution in [0.25, 0.3) is 0 Å². The number of ether oxygens (including phenoxy) is 1. The van der Waals surface area contributed by atoms with Crippen LogP contribution in [0.2, 0.25) is 0 Å². The van der Waals surface area contributed by atoms with Crippen molar-refractivity contribution in [1.29, 1.82) is 0 Å². The first kappa shape index (κ1) is 8.37. The first-order chi connectivity index (χ1) is 4.83. The molecule has 1 aliphatic heterocycles. The number of piperidine rings is 1. The number of thiol groups is 1. The molecule has 0 aromatic rings. The largest absolute Gasteiger partial charge is 0.384 e. The second-order valence-electron chi connectivity index (χ2n) is 2.88. The predicted molar refractivity (Wildman–Crippen MR) is 45.2 cm³/mol. The second kappa shape index (κ2) is 4.21. The molecule has 0 bridgehead atoms. The lowest BCUT2D eigenvalue weighted by atomic mass is 10.0. The van der Waals surface area contributed by atoms with Crippen LogP contribution >= 0.6 is 12.8 Å². The number of nitrogens with zero attached hydrogens (tertiary/aromatic N) is 1. The van der Waals surface area contributed by atoms with Crippen molar-refractivity contribution in [2.75, 3.05) is 26.8 Å². The smallest absolute Gasteiger partial charge is 0.0503 e. The summed E-state index contributed by atoms with van der Waals surface area (Å²) < 4.78 is 7.15. The van der Waals surface area contributed by atoms with Crippen LogP contribution in [0.4, 0.5) is 0 Å². The van der Waals surface area contributed by atoms with E-state index in [9.17, 15) is 0 Å². The van der Waals surface area contributed by atoms with Crippen molar-refractivity contribution in [2.45, 2.75) is 12.8 Å². The third-order valence-electron chi connectivity index (χ3n) is 1.90. The maximum Gasteiger partial charge on any atom is 0.0503 e. The second-order valence-corrected chi connectivity index (χ2v) is 3.44. The number of hydrogen-bond acceptors (Lipinski definition) is 3. The topological polar surface area (TPSA) is 12.5 Å². The minimum atomic E-state index is 0.705. The average Bonchev–Trinajstić information content (AvgIpc) is 1.88. The van der Waals surface area contributed by atoms with Crippen molar-refractivity contribution in [3.8, 4) is 0 Å². The van der Waals surface area contributed by atoms with Crippen molar-refractivity contribution in [2.24, 2.45) is 5.92 Å². The Kier molecular flexibility index (Phi) is 3.52. The van der Waals surface area contributed by atoms with E-state index in [1.165, 1.54) is 12.8 Å². The fourth-order valence-electron chi connectivity index (χ4n) is 1.41. The molecule has 0 aromatic heterocycles. The summed E-state index contributed by atoms with van der Waals surface area (Å²) in [5.74, 6) is 0.705. The molecule has 1 unspecified atom stereocenters. The van der Waals surface area contributed by atoms with Gasteiger partial charge in [-0.3, -0.25) is 4.31 Å². The van der Waals surface area contributed by atoms with Gasteiger partial charge in [0.1, 0.15) is 0 Å². The Hall–Kier alpha value is 0.270. The van der Waals surface area contributed by atoms with E-state index < -0.39 is 0 Å². The van der Waals surface area contributed by atoms with Gasteiger partial charge in [0.2, 0.25) is 0 Å². The molecule has 2 nitrogen and oxygen atoms in total. The first-order valence-corrected chi connectivity index (χ1v) is 4.15. The molecule has 0 aromatic carbocycles. The summed E-state index contributed by atoms with van der Waals surface area (Å²) in [6.07, 6.45) is 2.56. The van der Waals surface area contributed by atoms with Gasteiger partial charge in [-0.2, -0.15) is 0 Å². The van der Waals surface area contributed by atoms with Crippen LogP contribution in [0.3, 0.4) is 0 Å². The zero-order valence-electron chi connectivity index (χ0n) is 6.42. The fourth-order valence-corrected chi connectivity index (χ4v) is 1.79. The number of rotatable bonds is 2. The molecule has 3 heteroatoms. The van der Waals surface area contributed by atoms with Gasteiger partial charge in [-0.15, -0.1) is 0 Å². The van der Waals surface area contributed by atoms with Gasteiger partial charge in [-0.05, 0) is 18.8 Å². The molecular weight excluding hydrogens is 146 g/mol. The molecule has 1 fully saturated rings. The highest BCUT2D eigenvalue weighted by Gasteiger charge is 2.16. The minimum Gasteiger partial charge on any atom is -0.384 e. The van der Waals surface area contributed by atoms with Crippen molar-refractivity contribution >= 4 is 12.8 Å². The van der Waals surface area contributed by atoms with Crippen molar-refractivity contribution in [3.05, 3.63) is 0 Å². The van der Waals surface area contributed by atoms with Crippen LogP contribution < -0.4 is 0 Å². The highest BCUT2D eigenvalue weighted by Crippen LogP contribution is 2.17. The summed E-state index contributed by atoms with van der Waals surface area (Å²) in [6, 6.07) is 0. The maximum absolute atomic E-state index is 5.07. The summed E-state index contributed by atoms with van der Waals surface area (Å²) in [4.78, 5) is 0. The average molecular weight is 161 g/mol.